The summed E-state index contributed by atoms with van der Waals surface area (Å²) in [5, 5.41) is 11.8. The summed E-state index contributed by atoms with van der Waals surface area (Å²) in [4.78, 5) is 97.0. The summed E-state index contributed by atoms with van der Waals surface area (Å²) in [6, 6.07) is 9.29. The molecule has 1 saturated carbocycles. The van der Waals surface area contributed by atoms with Crippen molar-refractivity contribution in [3.63, 3.8) is 0 Å². The van der Waals surface area contributed by atoms with Crippen LogP contribution in [-0.4, -0.2) is 108 Å². The van der Waals surface area contributed by atoms with Gasteiger partial charge >= 0.3 is 0 Å². The molecule has 8 rings (SSSR count). The standard InChI is InChI=1S/C37H39N11O6/c1-20-4-2-7-26(43-20)34(51)44-22-14-23(15-22)47-19-42-31-32(40-18-41-33(31)47)39-16-21-10-12-46(13-11-21)29(50)17-38-25-6-3-5-24-30(25)37(54)48(36(24)53)27-8-9-28(49)45-35(27)52/h2-7,18-19,21-23,27,38H,8-17H2,1H3,(H,44,51)(H,39,40,41)(H,45,49,52)/t22?,23?,27-/m0/s1. The van der Waals surface area contributed by atoms with Gasteiger partial charge in [-0.3, -0.25) is 39.0 Å². The Hall–Kier alpha value is -6.26. The number of piperidine rings is 2. The topological polar surface area (TPSA) is 214 Å². The van der Waals surface area contributed by atoms with E-state index in [4.69, 9.17) is 0 Å². The second-order valence-electron chi connectivity index (χ2n) is 14.2. The van der Waals surface area contributed by atoms with Gasteiger partial charge in [0.25, 0.3) is 17.7 Å². The highest BCUT2D eigenvalue weighted by atomic mass is 16.2. The summed E-state index contributed by atoms with van der Waals surface area (Å²) in [6.45, 7) is 3.57. The van der Waals surface area contributed by atoms with E-state index in [9.17, 15) is 28.8 Å². The fraction of sp³-hybridized carbons (Fsp3) is 0.405. The van der Waals surface area contributed by atoms with E-state index >= 15 is 0 Å². The molecule has 0 unspecified atom stereocenters. The highest BCUT2D eigenvalue weighted by Gasteiger charge is 2.45. The first kappa shape index (κ1) is 34.8. The van der Waals surface area contributed by atoms with Gasteiger partial charge in [0.2, 0.25) is 17.7 Å². The predicted molar refractivity (Wildman–Crippen MR) is 193 cm³/mol. The van der Waals surface area contributed by atoms with Crippen LogP contribution in [0.4, 0.5) is 11.5 Å². The monoisotopic (exact) mass is 733 g/mol. The zero-order valence-electron chi connectivity index (χ0n) is 29.6. The van der Waals surface area contributed by atoms with Crippen molar-refractivity contribution < 1.29 is 28.8 Å². The molecule has 54 heavy (non-hydrogen) atoms. The van der Waals surface area contributed by atoms with Crippen molar-refractivity contribution in [1.82, 2.24) is 44.9 Å². The highest BCUT2D eigenvalue weighted by Crippen LogP contribution is 2.35. The van der Waals surface area contributed by atoms with Crippen LogP contribution in [0.3, 0.4) is 0 Å². The van der Waals surface area contributed by atoms with Gasteiger partial charge in [0.15, 0.2) is 11.5 Å². The van der Waals surface area contributed by atoms with Crippen molar-refractivity contribution in [2.24, 2.45) is 5.92 Å². The molecule has 0 bridgehead atoms. The number of nitrogens with zero attached hydrogens (tertiary/aromatic N) is 7. The van der Waals surface area contributed by atoms with Crippen LogP contribution in [0.25, 0.3) is 11.2 Å². The van der Waals surface area contributed by atoms with Crippen molar-refractivity contribution in [1.29, 1.82) is 0 Å². The summed E-state index contributed by atoms with van der Waals surface area (Å²) in [5.74, 6) is -1.71. The fourth-order valence-electron chi connectivity index (χ4n) is 7.68. The van der Waals surface area contributed by atoms with E-state index < -0.39 is 29.7 Å². The Labute approximate surface area is 309 Å². The summed E-state index contributed by atoms with van der Waals surface area (Å²) >= 11 is 0. The lowest BCUT2D eigenvalue weighted by Gasteiger charge is -2.36. The number of amides is 6. The van der Waals surface area contributed by atoms with Gasteiger partial charge in [-0.1, -0.05) is 12.1 Å². The summed E-state index contributed by atoms with van der Waals surface area (Å²) in [5.41, 5.74) is 3.23. The number of carbonyl (C=O) groups excluding carboxylic acids is 6. The number of anilines is 2. The molecule has 3 aliphatic heterocycles. The second kappa shape index (κ2) is 14.3. The van der Waals surface area contributed by atoms with Crippen LogP contribution in [0.15, 0.2) is 49.1 Å². The van der Waals surface area contributed by atoms with Crippen molar-refractivity contribution in [3.05, 3.63) is 71.6 Å². The van der Waals surface area contributed by atoms with E-state index in [2.05, 4.69) is 41.2 Å². The van der Waals surface area contributed by atoms with Gasteiger partial charge in [-0.25, -0.2) is 19.9 Å². The fourth-order valence-corrected chi connectivity index (χ4v) is 7.68. The van der Waals surface area contributed by atoms with Gasteiger partial charge in [-0.15, -0.1) is 0 Å². The predicted octanol–water partition coefficient (Wildman–Crippen LogP) is 1.83. The minimum Gasteiger partial charge on any atom is -0.375 e. The maximum absolute atomic E-state index is 13.4. The first-order valence-electron chi connectivity index (χ1n) is 18.2. The number of nitrogens with one attached hydrogen (secondary N) is 4. The molecule has 4 aliphatic rings. The van der Waals surface area contributed by atoms with E-state index in [1.807, 2.05) is 23.6 Å². The SMILES string of the molecule is Cc1cccc(C(=O)NC2CC(n3cnc4c(NCC5CCN(C(=O)CNc6cccc7c6C(=O)N([C@H]6CCC(=O)NC6=O)C7=O)CC5)ncnc43)C2)n1. The minimum atomic E-state index is -1.07. The normalized spacial score (nSPS) is 21.5. The third-order valence-electron chi connectivity index (χ3n) is 10.7. The number of pyridine rings is 1. The molecule has 17 heteroatoms. The van der Waals surface area contributed by atoms with E-state index in [1.165, 1.54) is 12.4 Å². The number of aryl methyl sites for hydroxylation is 1. The van der Waals surface area contributed by atoms with Crippen LogP contribution in [-0.2, 0) is 14.4 Å². The van der Waals surface area contributed by atoms with Gasteiger partial charge in [0.05, 0.1) is 24.0 Å². The molecule has 3 aromatic heterocycles. The first-order valence-corrected chi connectivity index (χ1v) is 18.2. The van der Waals surface area contributed by atoms with Crippen molar-refractivity contribution in [2.45, 2.75) is 63.6 Å². The number of carbonyl (C=O) groups is 6. The number of fused-ring (bicyclic) bond motifs is 2. The van der Waals surface area contributed by atoms with E-state index in [0.717, 1.165) is 41.9 Å². The lowest BCUT2D eigenvalue weighted by atomic mass is 9.86. The van der Waals surface area contributed by atoms with Crippen molar-refractivity contribution >= 4 is 58.1 Å². The largest absolute Gasteiger partial charge is 0.375 e. The van der Waals surface area contributed by atoms with E-state index in [1.54, 1.807) is 29.4 Å². The van der Waals surface area contributed by atoms with Gasteiger partial charge in [0, 0.05) is 49.5 Å². The van der Waals surface area contributed by atoms with E-state index in [-0.39, 0.29) is 54.4 Å². The summed E-state index contributed by atoms with van der Waals surface area (Å²) < 4.78 is 2.04. The van der Waals surface area contributed by atoms with Gasteiger partial charge in [-0.05, 0) is 69.2 Å². The number of rotatable bonds is 10. The second-order valence-corrected chi connectivity index (χ2v) is 14.2. The quantitative estimate of drug-likeness (QED) is 0.172. The zero-order valence-corrected chi connectivity index (χ0v) is 29.6. The molecule has 4 N–H and O–H groups in total. The Balaban J connectivity index is 0.811. The molecule has 0 radical (unpaired) electrons. The van der Waals surface area contributed by atoms with Crippen LogP contribution in [0.1, 0.15) is 81.5 Å². The van der Waals surface area contributed by atoms with Crippen LogP contribution >= 0.6 is 0 Å². The molecule has 1 aromatic carbocycles. The Morgan fingerprint density at radius 3 is 2.50 bits per heavy atom. The maximum Gasteiger partial charge on any atom is 0.270 e. The highest BCUT2D eigenvalue weighted by molar-refractivity contribution is 6.25. The number of imide groups is 2. The molecule has 278 valence electrons. The molecule has 2 saturated heterocycles. The lowest BCUT2D eigenvalue weighted by molar-refractivity contribution is -0.136. The molecule has 3 fully saturated rings. The number of aromatic nitrogens is 5. The lowest BCUT2D eigenvalue weighted by Crippen LogP contribution is -2.54. The number of hydrogen-bond donors (Lipinski definition) is 4. The Kier molecular flexibility index (Phi) is 9.21. The van der Waals surface area contributed by atoms with E-state index in [0.29, 0.717) is 48.3 Å². The Bertz CT molecular complexity index is 2190. The average Bonchev–Trinajstić information content (AvgIpc) is 3.69. The summed E-state index contributed by atoms with van der Waals surface area (Å²) in [7, 11) is 0. The molecular formula is C37H39N11O6. The molecule has 6 amide bonds. The zero-order chi connectivity index (χ0) is 37.5. The Morgan fingerprint density at radius 1 is 0.926 bits per heavy atom. The van der Waals surface area contributed by atoms with Crippen LogP contribution in [0.5, 0.6) is 0 Å². The maximum atomic E-state index is 13.4. The average molecular weight is 734 g/mol. The van der Waals surface area contributed by atoms with Gasteiger partial charge in [0.1, 0.15) is 23.6 Å². The van der Waals surface area contributed by atoms with Crippen molar-refractivity contribution in [3.8, 4) is 0 Å². The first-order chi connectivity index (χ1) is 26.1. The van der Waals surface area contributed by atoms with Crippen LogP contribution < -0.4 is 21.3 Å². The number of likely N-dealkylation sites (tertiary alicyclic amines) is 1. The number of hydrogen-bond acceptors (Lipinski definition) is 12. The Morgan fingerprint density at radius 2 is 1.72 bits per heavy atom. The van der Waals surface area contributed by atoms with Gasteiger partial charge in [-0.2, -0.15) is 0 Å². The number of benzene rings is 1. The molecule has 6 heterocycles. The smallest absolute Gasteiger partial charge is 0.270 e. The molecule has 1 atom stereocenters. The van der Waals surface area contributed by atoms with Crippen molar-refractivity contribution in [2.75, 3.05) is 36.8 Å². The van der Waals surface area contributed by atoms with Crippen LogP contribution in [0, 0.1) is 12.8 Å². The third-order valence-corrected chi connectivity index (χ3v) is 10.7. The molecule has 4 aromatic rings. The minimum absolute atomic E-state index is 0.0332. The summed E-state index contributed by atoms with van der Waals surface area (Å²) in [6.07, 6.45) is 6.48. The molecule has 0 spiro atoms. The number of imidazole rings is 1. The van der Waals surface area contributed by atoms with Gasteiger partial charge < -0.3 is 25.4 Å². The molecular weight excluding hydrogens is 694 g/mol. The van der Waals surface area contributed by atoms with Crippen LogP contribution in [0.2, 0.25) is 0 Å². The molecule has 1 aliphatic carbocycles. The third kappa shape index (κ3) is 6.60. The molecule has 17 nitrogen and oxygen atoms in total.